The second-order valence-corrected chi connectivity index (χ2v) is 15.3. The molecule has 0 saturated carbocycles. The predicted octanol–water partition coefficient (Wildman–Crippen LogP) is 12.4. The van der Waals surface area contributed by atoms with Crippen molar-refractivity contribution in [2.45, 2.75) is 34.1 Å². The summed E-state index contributed by atoms with van der Waals surface area (Å²) in [6.07, 6.45) is 0.0653. The number of nitrogens with two attached hydrogens (primary N) is 1. The van der Waals surface area contributed by atoms with Gasteiger partial charge in [-0.15, -0.1) is 0 Å². The number of rotatable bonds is 10. The number of aryl methyl sites for hydroxylation is 2. The molecule has 0 radical (unpaired) electrons. The van der Waals surface area contributed by atoms with E-state index < -0.39 is 15.1 Å². The maximum absolute atomic E-state index is 12.9. The van der Waals surface area contributed by atoms with Gasteiger partial charge in [-0.05, 0) is 118 Å². The van der Waals surface area contributed by atoms with Crippen LogP contribution in [0.4, 0.5) is 17.1 Å². The molecule has 6 rings (SSSR count). The van der Waals surface area contributed by atoms with E-state index in [1.165, 1.54) is 29.8 Å². The number of anilines is 1. The molecular weight excluding hydrogens is 906 g/mol. The predicted molar refractivity (Wildman–Crippen MR) is 240 cm³/mol. The molecule has 304 valence electrons. The van der Waals surface area contributed by atoms with Crippen LogP contribution in [0.25, 0.3) is 22.3 Å². The van der Waals surface area contributed by atoms with E-state index in [1.54, 1.807) is 44.6 Å². The third-order valence-electron chi connectivity index (χ3n) is 9.44. The molecule has 0 atom stereocenters. The normalized spacial score (nSPS) is 10.3. The van der Waals surface area contributed by atoms with Gasteiger partial charge in [0.2, 0.25) is 0 Å². The summed E-state index contributed by atoms with van der Waals surface area (Å²) in [6.45, 7) is 8.10. The van der Waals surface area contributed by atoms with Crippen LogP contribution in [-0.2, 0) is 6.42 Å². The van der Waals surface area contributed by atoms with Crippen LogP contribution in [0.5, 0.6) is 11.5 Å². The Morgan fingerprint density at radius 3 is 1.56 bits per heavy atom. The molecule has 0 aliphatic rings. The van der Waals surface area contributed by atoms with Crippen LogP contribution in [0.2, 0.25) is 0 Å². The van der Waals surface area contributed by atoms with Gasteiger partial charge < -0.3 is 15.2 Å². The Morgan fingerprint density at radius 2 is 1.10 bits per heavy atom. The number of methoxy groups -OCH3 is 2. The van der Waals surface area contributed by atoms with Gasteiger partial charge in [0.1, 0.15) is 11.5 Å². The quantitative estimate of drug-likeness (QED) is 0.0462. The van der Waals surface area contributed by atoms with Crippen LogP contribution in [0.15, 0.2) is 118 Å². The molecule has 0 unspecified atom stereocenters. The molecule has 0 amide bonds. The Morgan fingerprint density at radius 1 is 0.644 bits per heavy atom. The number of nitrogen functional groups attached to an aromatic ring is 1. The van der Waals surface area contributed by atoms with Gasteiger partial charge in [0.05, 0.1) is 29.8 Å². The summed E-state index contributed by atoms with van der Waals surface area (Å²) in [7, 11) is 3.29. The van der Waals surface area contributed by atoms with E-state index in [0.717, 1.165) is 50.4 Å². The minimum absolute atomic E-state index is 0.00528. The van der Waals surface area contributed by atoms with Crippen molar-refractivity contribution in [2.75, 3.05) is 20.0 Å². The van der Waals surface area contributed by atoms with Gasteiger partial charge in [-0.3, -0.25) is 29.8 Å². The highest BCUT2D eigenvalue weighted by atomic mass is 79.9. The zero-order valence-electron chi connectivity index (χ0n) is 33.0. The van der Waals surface area contributed by atoms with E-state index in [0.29, 0.717) is 31.3 Å². The lowest BCUT2D eigenvalue weighted by Crippen LogP contribution is -2.05. The van der Waals surface area contributed by atoms with Crippen molar-refractivity contribution in [1.82, 2.24) is 0 Å². The molecule has 2 N–H and O–H groups in total. The lowest BCUT2D eigenvalue weighted by atomic mass is 9.95. The summed E-state index contributed by atoms with van der Waals surface area (Å²) in [5, 5.41) is 20.8. The Bertz CT molecular complexity index is 2560. The lowest BCUT2D eigenvalue weighted by Gasteiger charge is -2.14. The summed E-state index contributed by atoms with van der Waals surface area (Å²) < 4.78 is 12.4. The molecule has 6 aromatic rings. The Hall–Kier alpha value is -5.89. The highest BCUT2D eigenvalue weighted by Crippen LogP contribution is 2.36. The van der Waals surface area contributed by atoms with Crippen molar-refractivity contribution < 1.29 is 28.9 Å². The molecule has 0 heterocycles. The van der Waals surface area contributed by atoms with Crippen molar-refractivity contribution in [1.29, 1.82) is 0 Å². The van der Waals surface area contributed by atoms with E-state index in [1.807, 2.05) is 82.3 Å². The number of non-ortho nitro benzene ring substituents is 2. The van der Waals surface area contributed by atoms with Crippen molar-refractivity contribution in [3.8, 4) is 33.8 Å². The number of carbonyl (C=O) groups excluding carboxylic acids is 2. The number of hydrogen-bond donors (Lipinski definition) is 1. The first-order valence-corrected chi connectivity index (χ1v) is 19.8. The second kappa shape index (κ2) is 20.7. The summed E-state index contributed by atoms with van der Waals surface area (Å²) in [5.74, 6) is 1.51. The van der Waals surface area contributed by atoms with Crippen LogP contribution >= 0.6 is 43.5 Å². The first-order valence-electron chi connectivity index (χ1n) is 17.8. The number of carbonyl (C=O) groups is 2. The summed E-state index contributed by atoms with van der Waals surface area (Å²) >= 11 is 12.0. The molecule has 14 heteroatoms. The number of halogens is 3. The molecule has 0 aromatic heterocycles. The Balaban J connectivity index is 0.000000219. The SMILES string of the molecule is COc1c(-c2cccc(C(=O)Cc3cc([N+](=O)[O-])ccc3Br)c2)ccc(C)c1C.COc1c(-c2cccc(C(=O)Cl)c2)ccc(C)c1C.Nc1cc([N+](=O)[O-])ccc1Br. The fourth-order valence-electron chi connectivity index (χ4n) is 5.96. The number of benzene rings is 6. The highest BCUT2D eigenvalue weighted by molar-refractivity contribution is 9.11. The van der Waals surface area contributed by atoms with Gasteiger partial charge in [-0.2, -0.15) is 0 Å². The number of ether oxygens (including phenoxy) is 2. The topological polar surface area (TPSA) is 165 Å². The maximum Gasteiger partial charge on any atom is 0.271 e. The number of hydrogen-bond acceptors (Lipinski definition) is 9. The molecule has 0 fully saturated rings. The van der Waals surface area contributed by atoms with Crippen molar-refractivity contribution >= 4 is 71.5 Å². The molecular formula is C45H40Br2ClN3O8. The standard InChI is InChI=1S/C23H20BrNO4.C16H15ClO2.C6H5BrN2O2/c1-14-7-9-20(23(29-3)15(14)2)16-5-4-6-17(11-16)22(26)13-18-12-19(25(27)28)8-10-21(18)24;1-10-7-8-14(15(19-3)11(10)2)12-5-4-6-13(9-12)16(17)18;7-5-2-1-4(9(10)11)3-6(5)8/h4-12H,13H2,1-3H3;4-9H,1-3H3;1-3H,8H2. The van der Waals surface area contributed by atoms with Crippen LogP contribution in [-0.4, -0.2) is 35.1 Å². The number of nitro benzene ring substituents is 2. The average molecular weight is 946 g/mol. The summed E-state index contributed by atoms with van der Waals surface area (Å²) in [6, 6.07) is 31.3. The van der Waals surface area contributed by atoms with Gasteiger partial charge in [0.15, 0.2) is 5.78 Å². The Kier molecular flexibility index (Phi) is 16.1. The van der Waals surface area contributed by atoms with Crippen LogP contribution in [0, 0.1) is 47.9 Å². The van der Waals surface area contributed by atoms with E-state index in [9.17, 15) is 29.8 Å². The van der Waals surface area contributed by atoms with Crippen LogP contribution < -0.4 is 15.2 Å². The van der Waals surface area contributed by atoms with Crippen LogP contribution in [0.1, 0.15) is 48.5 Å². The summed E-state index contributed by atoms with van der Waals surface area (Å²) in [4.78, 5) is 44.4. The van der Waals surface area contributed by atoms with E-state index >= 15 is 0 Å². The molecule has 11 nitrogen and oxygen atoms in total. The van der Waals surface area contributed by atoms with E-state index in [-0.39, 0.29) is 23.6 Å². The minimum Gasteiger partial charge on any atom is -0.496 e. The first-order chi connectivity index (χ1) is 28.0. The first kappa shape index (κ1) is 45.8. The van der Waals surface area contributed by atoms with Gasteiger partial charge in [-0.25, -0.2) is 0 Å². The fraction of sp³-hybridized carbons (Fsp3) is 0.156. The molecule has 0 spiro atoms. The molecule has 0 bridgehead atoms. The van der Waals surface area contributed by atoms with Crippen molar-refractivity contribution in [3.63, 3.8) is 0 Å². The van der Waals surface area contributed by atoms with Crippen molar-refractivity contribution in [3.05, 3.63) is 177 Å². The van der Waals surface area contributed by atoms with Crippen LogP contribution in [0.3, 0.4) is 0 Å². The third-order valence-corrected chi connectivity index (χ3v) is 11.2. The van der Waals surface area contributed by atoms with Gasteiger partial charge in [0, 0.05) is 61.9 Å². The molecule has 0 aliphatic heterocycles. The smallest absolute Gasteiger partial charge is 0.271 e. The largest absolute Gasteiger partial charge is 0.496 e. The van der Waals surface area contributed by atoms with Gasteiger partial charge >= 0.3 is 0 Å². The van der Waals surface area contributed by atoms with Crippen molar-refractivity contribution in [2.24, 2.45) is 0 Å². The second-order valence-electron chi connectivity index (χ2n) is 13.2. The Labute approximate surface area is 363 Å². The third kappa shape index (κ3) is 11.6. The zero-order valence-corrected chi connectivity index (χ0v) is 36.9. The summed E-state index contributed by atoms with van der Waals surface area (Å²) in [5.41, 5.74) is 15.5. The van der Waals surface area contributed by atoms with E-state index in [4.69, 9.17) is 26.8 Å². The number of Topliss-reactive ketones (excluding diaryl/α,β-unsaturated/α-hetero) is 1. The molecule has 0 aliphatic carbocycles. The zero-order chi connectivity index (χ0) is 43.6. The maximum atomic E-state index is 12.9. The highest BCUT2D eigenvalue weighted by Gasteiger charge is 2.17. The minimum atomic E-state index is -0.483. The van der Waals surface area contributed by atoms with E-state index in [2.05, 4.69) is 31.9 Å². The molecule has 59 heavy (non-hydrogen) atoms. The number of nitrogens with zero attached hydrogens (tertiary/aromatic N) is 2. The number of nitro groups is 2. The molecule has 6 aromatic carbocycles. The number of ketones is 1. The monoisotopic (exact) mass is 943 g/mol. The fourth-order valence-corrected chi connectivity index (χ4v) is 6.71. The van der Waals surface area contributed by atoms with Gasteiger partial charge in [0.25, 0.3) is 16.6 Å². The average Bonchev–Trinajstić information content (AvgIpc) is 3.22. The lowest BCUT2D eigenvalue weighted by molar-refractivity contribution is -0.385. The van der Waals surface area contributed by atoms with Gasteiger partial charge in [-0.1, -0.05) is 76.6 Å². The molecule has 0 saturated heterocycles.